The van der Waals surface area contributed by atoms with Gasteiger partial charge in [0.25, 0.3) is 0 Å². The molecule has 0 fully saturated rings. The summed E-state index contributed by atoms with van der Waals surface area (Å²) in [6.07, 6.45) is -1.61. The molecule has 0 bridgehead atoms. The highest BCUT2D eigenvalue weighted by Gasteiger charge is 2.34. The summed E-state index contributed by atoms with van der Waals surface area (Å²) in [6.45, 7) is 2.95. The summed E-state index contributed by atoms with van der Waals surface area (Å²) in [7, 11) is 0. The standard InChI is InChI=1S/C41H53N7O12S/c1-23(45-37(57)31(42)24-9-13-27(51)14-10-24)35(55)47-32(26-11-15-28(52)16-12-26)38(58)46-29(21-49)36(56)48-33(25-7-5-4-6-8-25)40(60)61-20-19-43-30(53)17-18-44-39(59)34(54)41(2,3)22-50/h4-16,23,29,31-34,49-52,54H,17-22,42H2,1-3H3,(H,43,53)(H,44,59)(H,45,57)(H,46,58)(H,47,55)(H,48,56)/t23-,29-,31+,32+,33?,34+/m0/s1. The van der Waals surface area contributed by atoms with Gasteiger partial charge < -0.3 is 63.2 Å². The molecule has 1 unspecified atom stereocenters. The zero-order valence-corrected chi connectivity index (χ0v) is 34.6. The molecule has 20 heteroatoms. The summed E-state index contributed by atoms with van der Waals surface area (Å²) in [5, 5.41) is 63.4. The van der Waals surface area contributed by atoms with E-state index in [1.54, 1.807) is 30.3 Å². The van der Waals surface area contributed by atoms with Crippen LogP contribution in [0.4, 0.5) is 0 Å². The molecule has 0 heterocycles. The van der Waals surface area contributed by atoms with E-state index in [4.69, 9.17) is 5.73 Å². The Morgan fingerprint density at radius 3 is 1.79 bits per heavy atom. The van der Waals surface area contributed by atoms with Crippen LogP contribution >= 0.6 is 11.8 Å². The third-order valence-corrected chi connectivity index (χ3v) is 10.2. The number of aliphatic hydroxyl groups excluding tert-OH is 3. The molecule has 3 aromatic carbocycles. The van der Waals surface area contributed by atoms with Gasteiger partial charge in [0.2, 0.25) is 40.6 Å². The number of aliphatic hydroxyl groups is 3. The Balaban J connectivity index is 1.64. The molecular formula is C41H53N7O12S. The number of amides is 6. The van der Waals surface area contributed by atoms with Crippen molar-refractivity contribution in [2.24, 2.45) is 11.1 Å². The number of hydrogen-bond acceptors (Lipinski definition) is 14. The molecule has 330 valence electrons. The highest BCUT2D eigenvalue weighted by molar-refractivity contribution is 8.13. The maximum absolute atomic E-state index is 13.7. The van der Waals surface area contributed by atoms with Crippen molar-refractivity contribution >= 4 is 52.3 Å². The molecule has 61 heavy (non-hydrogen) atoms. The molecule has 0 aliphatic rings. The third-order valence-electron chi connectivity index (χ3n) is 9.25. The van der Waals surface area contributed by atoms with Crippen LogP contribution in [0.25, 0.3) is 0 Å². The minimum absolute atomic E-state index is 0.0338. The molecule has 0 saturated heterocycles. The summed E-state index contributed by atoms with van der Waals surface area (Å²) < 4.78 is 0. The molecular weight excluding hydrogens is 815 g/mol. The summed E-state index contributed by atoms with van der Waals surface area (Å²) in [6, 6.07) is 12.0. The first-order valence-corrected chi connectivity index (χ1v) is 20.1. The van der Waals surface area contributed by atoms with E-state index in [0.29, 0.717) is 11.1 Å². The van der Waals surface area contributed by atoms with Gasteiger partial charge in [-0.2, -0.15) is 0 Å². The van der Waals surface area contributed by atoms with Crippen LogP contribution in [0, 0.1) is 5.41 Å². The fraction of sp³-hybridized carbons (Fsp3) is 0.390. The van der Waals surface area contributed by atoms with Gasteiger partial charge in [0.05, 0.1) is 13.2 Å². The smallest absolute Gasteiger partial charge is 0.249 e. The summed E-state index contributed by atoms with van der Waals surface area (Å²) in [5.41, 5.74) is 5.84. The van der Waals surface area contributed by atoms with Crippen LogP contribution in [-0.2, 0) is 33.6 Å². The Hall–Kier alpha value is -6.06. The fourth-order valence-electron chi connectivity index (χ4n) is 5.40. The number of phenols is 2. The van der Waals surface area contributed by atoms with Crippen molar-refractivity contribution in [2.45, 2.75) is 63.5 Å². The predicted octanol–water partition coefficient (Wildman–Crippen LogP) is -0.944. The Kier molecular flexibility index (Phi) is 19.1. The van der Waals surface area contributed by atoms with Gasteiger partial charge in [0.15, 0.2) is 0 Å². The van der Waals surface area contributed by atoms with Gasteiger partial charge in [-0.05, 0) is 47.9 Å². The molecule has 6 amide bonds. The number of benzene rings is 3. The summed E-state index contributed by atoms with van der Waals surface area (Å²) in [5.74, 6) is -4.79. The Morgan fingerprint density at radius 1 is 0.656 bits per heavy atom. The molecule has 0 radical (unpaired) electrons. The van der Waals surface area contributed by atoms with Crippen LogP contribution < -0.4 is 37.6 Å². The molecule has 13 N–H and O–H groups in total. The first kappa shape index (κ1) is 49.3. The zero-order valence-electron chi connectivity index (χ0n) is 33.8. The average Bonchev–Trinajstić information content (AvgIpc) is 3.25. The second kappa shape index (κ2) is 23.7. The maximum Gasteiger partial charge on any atom is 0.249 e. The average molecular weight is 868 g/mol. The summed E-state index contributed by atoms with van der Waals surface area (Å²) in [4.78, 5) is 91.4. The lowest BCUT2D eigenvalue weighted by atomic mass is 9.87. The molecule has 3 aromatic rings. The number of aromatic hydroxyl groups is 2. The van der Waals surface area contributed by atoms with Crippen molar-refractivity contribution in [1.82, 2.24) is 31.9 Å². The number of hydrogen-bond donors (Lipinski definition) is 12. The predicted molar refractivity (Wildman–Crippen MR) is 223 cm³/mol. The van der Waals surface area contributed by atoms with E-state index in [0.717, 1.165) is 11.8 Å². The van der Waals surface area contributed by atoms with Crippen LogP contribution in [0.3, 0.4) is 0 Å². The van der Waals surface area contributed by atoms with E-state index in [9.17, 15) is 59.1 Å². The molecule has 19 nitrogen and oxygen atoms in total. The number of rotatable bonds is 22. The van der Waals surface area contributed by atoms with Gasteiger partial charge in [-0.25, -0.2) is 0 Å². The second-order valence-electron chi connectivity index (χ2n) is 14.5. The molecule has 0 aromatic heterocycles. The van der Waals surface area contributed by atoms with Crippen molar-refractivity contribution in [2.75, 3.05) is 32.1 Å². The zero-order chi connectivity index (χ0) is 45.3. The highest BCUT2D eigenvalue weighted by atomic mass is 32.2. The molecule has 3 rings (SSSR count). The van der Waals surface area contributed by atoms with Crippen molar-refractivity contribution < 1.29 is 59.1 Å². The van der Waals surface area contributed by atoms with Gasteiger partial charge in [-0.3, -0.25) is 33.6 Å². The van der Waals surface area contributed by atoms with Crippen LogP contribution in [0.1, 0.15) is 62.0 Å². The minimum atomic E-state index is -1.64. The SMILES string of the molecule is C[C@H](NC(=O)[C@H](N)c1ccc(O)cc1)C(=O)N[C@@H](C(=O)N[C@@H](CO)C(=O)NC(C(=O)SCCNC(=O)CCNC(=O)[C@@H](O)C(C)(C)CO)c1ccccc1)c1ccc(O)cc1. The van der Waals surface area contributed by atoms with Crippen LogP contribution in [-0.4, -0.2) is 116 Å². The van der Waals surface area contributed by atoms with Crippen LogP contribution in [0.5, 0.6) is 11.5 Å². The lowest BCUT2D eigenvalue weighted by molar-refractivity contribution is -0.137. The number of nitrogens with two attached hydrogens (primary N) is 1. The Bertz CT molecular complexity index is 1970. The maximum atomic E-state index is 13.7. The molecule has 0 aliphatic carbocycles. The lowest BCUT2D eigenvalue weighted by Gasteiger charge is -2.27. The van der Waals surface area contributed by atoms with Crippen LogP contribution in [0.2, 0.25) is 0 Å². The number of carbonyl (C=O) groups excluding carboxylic acids is 7. The van der Waals surface area contributed by atoms with Crippen molar-refractivity contribution in [3.8, 4) is 11.5 Å². The number of thioether (sulfide) groups is 1. The van der Waals surface area contributed by atoms with E-state index in [-0.39, 0.29) is 42.3 Å². The van der Waals surface area contributed by atoms with E-state index < -0.39 is 95.5 Å². The Morgan fingerprint density at radius 2 is 1.21 bits per heavy atom. The van der Waals surface area contributed by atoms with Crippen LogP contribution in [0.15, 0.2) is 78.9 Å². The van der Waals surface area contributed by atoms with Gasteiger partial charge in [0, 0.05) is 30.7 Å². The topological polar surface area (TPSA) is 319 Å². The number of phenolic OH excluding ortho intramolecular Hbond substituents is 2. The van der Waals surface area contributed by atoms with E-state index in [2.05, 4.69) is 31.9 Å². The van der Waals surface area contributed by atoms with E-state index >= 15 is 0 Å². The Labute approximate surface area is 356 Å². The molecule has 0 saturated carbocycles. The van der Waals surface area contributed by atoms with Gasteiger partial charge in [-0.15, -0.1) is 0 Å². The fourth-order valence-corrected chi connectivity index (χ4v) is 6.17. The second-order valence-corrected chi connectivity index (χ2v) is 15.6. The molecule has 0 spiro atoms. The highest BCUT2D eigenvalue weighted by Crippen LogP contribution is 2.22. The van der Waals surface area contributed by atoms with Crippen molar-refractivity contribution in [3.63, 3.8) is 0 Å². The van der Waals surface area contributed by atoms with Gasteiger partial charge >= 0.3 is 0 Å². The largest absolute Gasteiger partial charge is 0.508 e. The minimum Gasteiger partial charge on any atom is -0.508 e. The lowest BCUT2D eigenvalue weighted by Crippen LogP contribution is -2.55. The number of carbonyl (C=O) groups is 7. The van der Waals surface area contributed by atoms with Gasteiger partial charge in [0.1, 0.15) is 47.8 Å². The first-order valence-electron chi connectivity index (χ1n) is 19.1. The summed E-state index contributed by atoms with van der Waals surface area (Å²) >= 11 is 0.792. The third kappa shape index (κ3) is 15.2. The van der Waals surface area contributed by atoms with Crippen molar-refractivity contribution in [1.29, 1.82) is 0 Å². The molecule has 6 atom stereocenters. The van der Waals surface area contributed by atoms with E-state index in [1.807, 2.05) is 0 Å². The van der Waals surface area contributed by atoms with E-state index in [1.165, 1.54) is 69.3 Å². The van der Waals surface area contributed by atoms with Crippen molar-refractivity contribution in [3.05, 3.63) is 95.6 Å². The normalized spacial score (nSPS) is 14.1. The monoisotopic (exact) mass is 867 g/mol. The first-order chi connectivity index (χ1) is 28.9. The van der Waals surface area contributed by atoms with Gasteiger partial charge in [-0.1, -0.05) is 80.2 Å². The molecule has 0 aliphatic heterocycles. The number of nitrogens with one attached hydrogen (secondary N) is 6. The quantitative estimate of drug-likeness (QED) is 0.0543.